The van der Waals surface area contributed by atoms with E-state index in [0.717, 1.165) is 26.0 Å². The smallest absolute Gasteiger partial charge is 0.303 e. The standard InChI is InChI=1S/C23H21ClF3N3O6/c1-10(31)34-18-22(30-5-4-15-19(24)28-9-29-21(15)30)35-17(23(18,3)36-11(2)32)16(33)12-6-13(20(26)27)8-14(25)7-12/h4-9,16-18,20,22,33H,1-3H3/t16?,17-,18+,22-,23-/m1/s1. The number of esters is 2. The molecule has 1 aromatic carbocycles. The summed E-state index contributed by atoms with van der Waals surface area (Å²) in [4.78, 5) is 32.2. The number of halogens is 4. The first-order chi connectivity index (χ1) is 16.9. The summed E-state index contributed by atoms with van der Waals surface area (Å²) in [5.74, 6) is -2.56. The zero-order chi connectivity index (χ0) is 26.4. The molecule has 0 saturated carbocycles. The normalized spacial score (nSPS) is 24.8. The lowest BCUT2D eigenvalue weighted by Crippen LogP contribution is -2.52. The fourth-order valence-corrected chi connectivity index (χ4v) is 4.62. The number of carbonyl (C=O) groups excluding carboxylic acids is 2. The van der Waals surface area contributed by atoms with Gasteiger partial charge < -0.3 is 23.9 Å². The van der Waals surface area contributed by atoms with Crippen LogP contribution in [-0.2, 0) is 23.8 Å². The van der Waals surface area contributed by atoms with E-state index in [0.29, 0.717) is 11.5 Å². The predicted molar refractivity (Wildman–Crippen MR) is 118 cm³/mol. The minimum atomic E-state index is -3.01. The summed E-state index contributed by atoms with van der Waals surface area (Å²) in [5.41, 5.74) is -2.47. The number of rotatable bonds is 6. The molecule has 1 fully saturated rings. The molecule has 36 heavy (non-hydrogen) atoms. The summed E-state index contributed by atoms with van der Waals surface area (Å²) in [5, 5.41) is 11.8. The molecule has 2 aromatic heterocycles. The molecule has 4 rings (SSSR count). The minimum Gasteiger partial charge on any atom is -0.453 e. The molecule has 192 valence electrons. The summed E-state index contributed by atoms with van der Waals surface area (Å²) in [7, 11) is 0. The first-order valence-corrected chi connectivity index (χ1v) is 11.1. The monoisotopic (exact) mass is 527 g/mol. The molecule has 1 aliphatic rings. The predicted octanol–water partition coefficient (Wildman–Crippen LogP) is 4.05. The Kier molecular flexibility index (Phi) is 6.95. The minimum absolute atomic E-state index is 0.138. The molecule has 1 N–H and O–H groups in total. The van der Waals surface area contributed by atoms with Gasteiger partial charge in [0.1, 0.15) is 35.2 Å². The number of ether oxygens (including phenoxy) is 3. The number of carbonyl (C=O) groups is 2. The lowest BCUT2D eigenvalue weighted by molar-refractivity contribution is -0.185. The van der Waals surface area contributed by atoms with Gasteiger partial charge in [0.15, 0.2) is 17.9 Å². The van der Waals surface area contributed by atoms with Gasteiger partial charge in [0.2, 0.25) is 0 Å². The zero-order valence-electron chi connectivity index (χ0n) is 19.2. The zero-order valence-corrected chi connectivity index (χ0v) is 19.9. The summed E-state index contributed by atoms with van der Waals surface area (Å²) in [6.45, 7) is 3.59. The number of hydrogen-bond acceptors (Lipinski definition) is 8. The molecule has 0 spiro atoms. The second-order valence-corrected chi connectivity index (χ2v) is 8.80. The fourth-order valence-electron chi connectivity index (χ4n) is 4.43. The van der Waals surface area contributed by atoms with Crippen molar-refractivity contribution in [3.8, 4) is 0 Å². The van der Waals surface area contributed by atoms with Crippen LogP contribution in [0.3, 0.4) is 0 Å². The van der Waals surface area contributed by atoms with Crippen LogP contribution in [0, 0.1) is 5.82 Å². The van der Waals surface area contributed by atoms with Gasteiger partial charge in [0.05, 0.1) is 5.39 Å². The molecule has 0 amide bonds. The number of benzene rings is 1. The number of nitrogens with zero attached hydrogens (tertiary/aromatic N) is 3. The molecule has 1 aliphatic heterocycles. The molecular formula is C23H21ClF3N3O6. The molecule has 0 bridgehead atoms. The largest absolute Gasteiger partial charge is 0.453 e. The van der Waals surface area contributed by atoms with E-state index in [1.54, 1.807) is 6.07 Å². The SMILES string of the molecule is CC(=O)O[C@H]1[C@H](n2ccc3c(Cl)ncnc32)O[C@H](C(O)c2cc(F)cc(C(F)F)c2)[C@@]1(C)OC(C)=O. The Morgan fingerprint density at radius 3 is 2.53 bits per heavy atom. The van der Waals surface area contributed by atoms with E-state index in [1.165, 1.54) is 24.0 Å². The van der Waals surface area contributed by atoms with Crippen molar-refractivity contribution >= 4 is 34.6 Å². The maximum Gasteiger partial charge on any atom is 0.303 e. The lowest BCUT2D eigenvalue weighted by atomic mass is 9.87. The summed E-state index contributed by atoms with van der Waals surface area (Å²) < 4.78 is 59.3. The number of hydrogen-bond donors (Lipinski definition) is 1. The van der Waals surface area contributed by atoms with E-state index in [1.807, 2.05) is 0 Å². The van der Waals surface area contributed by atoms with E-state index in [2.05, 4.69) is 9.97 Å². The average Bonchev–Trinajstić information content (AvgIpc) is 3.32. The van der Waals surface area contributed by atoms with E-state index < -0.39 is 59.9 Å². The highest BCUT2D eigenvalue weighted by molar-refractivity contribution is 6.33. The van der Waals surface area contributed by atoms with Gasteiger partial charge in [-0.3, -0.25) is 9.59 Å². The van der Waals surface area contributed by atoms with Crippen LogP contribution in [0.25, 0.3) is 11.0 Å². The first-order valence-electron chi connectivity index (χ1n) is 10.7. The lowest BCUT2D eigenvalue weighted by Gasteiger charge is -2.35. The number of aromatic nitrogens is 3. The van der Waals surface area contributed by atoms with Crippen molar-refractivity contribution in [2.24, 2.45) is 0 Å². The van der Waals surface area contributed by atoms with Crippen LogP contribution in [0.1, 0.15) is 50.7 Å². The van der Waals surface area contributed by atoms with Crippen LogP contribution in [0.5, 0.6) is 0 Å². The van der Waals surface area contributed by atoms with Crippen LogP contribution < -0.4 is 0 Å². The third-order valence-electron chi connectivity index (χ3n) is 5.89. The molecule has 9 nitrogen and oxygen atoms in total. The van der Waals surface area contributed by atoms with Gasteiger partial charge in [0, 0.05) is 25.6 Å². The highest BCUT2D eigenvalue weighted by atomic mass is 35.5. The third-order valence-corrected chi connectivity index (χ3v) is 6.19. The quantitative estimate of drug-likeness (QED) is 0.377. The van der Waals surface area contributed by atoms with E-state index in [4.69, 9.17) is 25.8 Å². The number of aliphatic hydroxyl groups is 1. The van der Waals surface area contributed by atoms with Crippen molar-refractivity contribution < 1.29 is 42.1 Å². The van der Waals surface area contributed by atoms with Gasteiger partial charge in [-0.05, 0) is 36.8 Å². The maximum absolute atomic E-state index is 14.1. The molecule has 3 aromatic rings. The molecular weight excluding hydrogens is 507 g/mol. The van der Waals surface area contributed by atoms with Crippen LogP contribution in [0.2, 0.25) is 5.15 Å². The Morgan fingerprint density at radius 1 is 1.19 bits per heavy atom. The Bertz CT molecular complexity index is 1320. The average molecular weight is 528 g/mol. The van der Waals surface area contributed by atoms with Crippen molar-refractivity contribution in [3.63, 3.8) is 0 Å². The fraction of sp³-hybridized carbons (Fsp3) is 0.391. The van der Waals surface area contributed by atoms with Crippen LogP contribution in [-0.4, -0.2) is 49.4 Å². The van der Waals surface area contributed by atoms with Crippen molar-refractivity contribution in [3.05, 3.63) is 58.9 Å². The Balaban J connectivity index is 1.85. The van der Waals surface area contributed by atoms with Gasteiger partial charge in [-0.2, -0.15) is 0 Å². The van der Waals surface area contributed by atoms with Crippen molar-refractivity contribution in [2.45, 2.75) is 57.3 Å². The van der Waals surface area contributed by atoms with Gasteiger partial charge >= 0.3 is 11.9 Å². The molecule has 0 radical (unpaired) electrons. The highest BCUT2D eigenvalue weighted by Gasteiger charge is 2.61. The topological polar surface area (TPSA) is 113 Å². The number of aliphatic hydroxyl groups excluding tert-OH is 1. The van der Waals surface area contributed by atoms with E-state index in [9.17, 15) is 27.9 Å². The van der Waals surface area contributed by atoms with Crippen molar-refractivity contribution in [1.82, 2.24) is 14.5 Å². The Labute approximate surface area is 207 Å². The molecule has 5 atom stereocenters. The summed E-state index contributed by atoms with van der Waals surface area (Å²) in [6, 6.07) is 4.00. The van der Waals surface area contributed by atoms with Crippen LogP contribution in [0.15, 0.2) is 36.8 Å². The first kappa shape index (κ1) is 25.9. The highest BCUT2D eigenvalue weighted by Crippen LogP contribution is 2.47. The molecule has 1 unspecified atom stereocenters. The summed E-state index contributed by atoms with van der Waals surface area (Å²) in [6.07, 6.45) is -6.10. The molecule has 0 aliphatic carbocycles. The van der Waals surface area contributed by atoms with Gasteiger partial charge in [-0.15, -0.1) is 0 Å². The van der Waals surface area contributed by atoms with E-state index in [-0.39, 0.29) is 16.4 Å². The molecule has 1 saturated heterocycles. The molecule has 13 heteroatoms. The van der Waals surface area contributed by atoms with Gasteiger partial charge in [0.25, 0.3) is 6.43 Å². The van der Waals surface area contributed by atoms with Crippen LogP contribution >= 0.6 is 11.6 Å². The Hall–Kier alpha value is -3.22. The van der Waals surface area contributed by atoms with E-state index >= 15 is 0 Å². The number of fused-ring (bicyclic) bond motifs is 1. The summed E-state index contributed by atoms with van der Waals surface area (Å²) >= 11 is 6.14. The second-order valence-electron chi connectivity index (χ2n) is 8.44. The Morgan fingerprint density at radius 2 is 1.89 bits per heavy atom. The van der Waals surface area contributed by atoms with Crippen LogP contribution in [0.4, 0.5) is 13.2 Å². The molecule has 3 heterocycles. The van der Waals surface area contributed by atoms with Gasteiger partial charge in [-0.1, -0.05) is 11.6 Å². The van der Waals surface area contributed by atoms with Gasteiger partial charge in [-0.25, -0.2) is 23.1 Å². The van der Waals surface area contributed by atoms with Crippen molar-refractivity contribution in [2.75, 3.05) is 0 Å². The van der Waals surface area contributed by atoms with Crippen molar-refractivity contribution in [1.29, 1.82) is 0 Å². The maximum atomic E-state index is 14.1. The number of alkyl halides is 2. The second kappa shape index (κ2) is 9.68. The third kappa shape index (κ3) is 4.63.